The monoisotopic (exact) mass is 273 g/mol. The highest BCUT2D eigenvalue weighted by Gasteiger charge is 2.39. The van der Waals surface area contributed by atoms with Gasteiger partial charge in [-0.3, -0.25) is 4.79 Å². The first-order valence-corrected chi connectivity index (χ1v) is 6.53. The summed E-state index contributed by atoms with van der Waals surface area (Å²) in [5, 5.41) is 11.9. The summed E-state index contributed by atoms with van der Waals surface area (Å²) < 4.78 is 10.3. The van der Waals surface area contributed by atoms with Crippen LogP contribution < -0.4 is 5.32 Å². The van der Waals surface area contributed by atoms with Crippen molar-refractivity contribution in [3.8, 4) is 0 Å². The second-order valence-electron chi connectivity index (χ2n) is 5.88. The Morgan fingerprint density at radius 1 is 1.32 bits per heavy atom. The Balaban J connectivity index is 2.41. The van der Waals surface area contributed by atoms with Gasteiger partial charge in [-0.15, -0.1) is 0 Å². The van der Waals surface area contributed by atoms with Crippen molar-refractivity contribution in [1.82, 2.24) is 5.32 Å². The van der Waals surface area contributed by atoms with Crippen LogP contribution in [0.3, 0.4) is 0 Å². The van der Waals surface area contributed by atoms with Crippen LogP contribution in [0, 0.1) is 5.41 Å². The van der Waals surface area contributed by atoms with E-state index >= 15 is 0 Å². The van der Waals surface area contributed by atoms with Gasteiger partial charge in [0.05, 0.1) is 5.41 Å². The minimum Gasteiger partial charge on any atom is -0.481 e. The van der Waals surface area contributed by atoms with Crippen LogP contribution in [0.4, 0.5) is 4.79 Å². The molecule has 1 amide bonds. The average Bonchev–Trinajstić information content (AvgIpc) is 2.27. The van der Waals surface area contributed by atoms with Gasteiger partial charge in [0.1, 0.15) is 5.60 Å². The van der Waals surface area contributed by atoms with Crippen LogP contribution in [-0.4, -0.2) is 42.5 Å². The van der Waals surface area contributed by atoms with Gasteiger partial charge in [-0.2, -0.15) is 0 Å². The van der Waals surface area contributed by atoms with Gasteiger partial charge >= 0.3 is 12.1 Å². The average molecular weight is 273 g/mol. The van der Waals surface area contributed by atoms with Crippen molar-refractivity contribution in [2.24, 2.45) is 5.41 Å². The number of ether oxygens (including phenoxy) is 2. The molecule has 0 spiro atoms. The van der Waals surface area contributed by atoms with Gasteiger partial charge in [0.2, 0.25) is 0 Å². The first-order chi connectivity index (χ1) is 8.75. The molecule has 6 nitrogen and oxygen atoms in total. The molecule has 0 saturated carbocycles. The van der Waals surface area contributed by atoms with Crippen molar-refractivity contribution >= 4 is 12.1 Å². The Morgan fingerprint density at radius 2 is 1.89 bits per heavy atom. The van der Waals surface area contributed by atoms with Crippen molar-refractivity contribution in [2.45, 2.75) is 45.6 Å². The van der Waals surface area contributed by atoms with Gasteiger partial charge in [-0.1, -0.05) is 0 Å². The fraction of sp³-hybridized carbons (Fsp3) is 0.846. The molecular formula is C13H23NO5. The van der Waals surface area contributed by atoms with E-state index in [0.29, 0.717) is 39.0 Å². The molecule has 0 atom stereocenters. The maximum atomic E-state index is 11.5. The van der Waals surface area contributed by atoms with Crippen LogP contribution in [0.25, 0.3) is 0 Å². The molecule has 6 heteroatoms. The van der Waals surface area contributed by atoms with E-state index in [1.807, 2.05) is 0 Å². The Kier molecular flexibility index (Phi) is 5.17. The molecule has 0 aromatic heterocycles. The van der Waals surface area contributed by atoms with Crippen molar-refractivity contribution in [2.75, 3.05) is 19.8 Å². The molecule has 2 N–H and O–H groups in total. The predicted molar refractivity (Wildman–Crippen MR) is 69.0 cm³/mol. The van der Waals surface area contributed by atoms with E-state index < -0.39 is 23.1 Å². The first-order valence-electron chi connectivity index (χ1n) is 6.53. The lowest BCUT2D eigenvalue weighted by molar-refractivity contribution is -0.155. The van der Waals surface area contributed by atoms with E-state index in [1.54, 1.807) is 20.8 Å². The number of carboxylic acid groups (broad SMARTS) is 1. The molecule has 1 saturated heterocycles. The molecule has 0 aliphatic carbocycles. The van der Waals surface area contributed by atoms with Gasteiger partial charge in [0.15, 0.2) is 0 Å². The zero-order chi connectivity index (χ0) is 14.5. The second-order valence-corrected chi connectivity index (χ2v) is 5.88. The maximum absolute atomic E-state index is 11.5. The molecule has 1 heterocycles. The Labute approximate surface area is 113 Å². The maximum Gasteiger partial charge on any atom is 0.407 e. The summed E-state index contributed by atoms with van der Waals surface area (Å²) in [5.41, 5.74) is -1.33. The second kappa shape index (κ2) is 6.23. The lowest BCUT2D eigenvalue weighted by atomic mass is 9.77. The zero-order valence-corrected chi connectivity index (χ0v) is 11.8. The van der Waals surface area contributed by atoms with E-state index in [2.05, 4.69) is 5.32 Å². The molecule has 1 fully saturated rings. The SMILES string of the molecule is CC(C)(C)OC(=O)NCCC1(C(=O)O)CCOCC1. The van der Waals surface area contributed by atoms with Gasteiger partial charge in [-0.05, 0) is 40.0 Å². The molecule has 0 radical (unpaired) electrons. The fourth-order valence-corrected chi connectivity index (χ4v) is 2.05. The molecule has 110 valence electrons. The summed E-state index contributed by atoms with van der Waals surface area (Å²) in [6.07, 6.45) is 0.849. The number of hydrogen-bond acceptors (Lipinski definition) is 4. The van der Waals surface area contributed by atoms with E-state index in [4.69, 9.17) is 9.47 Å². The quantitative estimate of drug-likeness (QED) is 0.815. The summed E-state index contributed by atoms with van der Waals surface area (Å²) in [6.45, 7) is 6.55. The largest absolute Gasteiger partial charge is 0.481 e. The van der Waals surface area contributed by atoms with Crippen molar-refractivity contribution < 1.29 is 24.2 Å². The summed E-state index contributed by atoms with van der Waals surface area (Å²) in [7, 11) is 0. The third-order valence-corrected chi connectivity index (χ3v) is 3.18. The van der Waals surface area contributed by atoms with Gasteiger partial charge in [0.25, 0.3) is 0 Å². The van der Waals surface area contributed by atoms with Gasteiger partial charge < -0.3 is 19.9 Å². The van der Waals surface area contributed by atoms with Crippen LogP contribution in [-0.2, 0) is 14.3 Å². The molecule has 0 bridgehead atoms. The van der Waals surface area contributed by atoms with E-state index in [-0.39, 0.29) is 0 Å². The van der Waals surface area contributed by atoms with Crippen molar-refractivity contribution in [3.63, 3.8) is 0 Å². The Morgan fingerprint density at radius 3 is 2.37 bits per heavy atom. The molecule has 0 aromatic carbocycles. The lowest BCUT2D eigenvalue weighted by Gasteiger charge is -2.33. The smallest absolute Gasteiger partial charge is 0.407 e. The van der Waals surface area contributed by atoms with Crippen LogP contribution in [0.2, 0.25) is 0 Å². The summed E-state index contributed by atoms with van der Waals surface area (Å²) in [4.78, 5) is 22.9. The van der Waals surface area contributed by atoms with Crippen LogP contribution in [0.15, 0.2) is 0 Å². The first kappa shape index (κ1) is 15.8. The third-order valence-electron chi connectivity index (χ3n) is 3.18. The number of amides is 1. The molecule has 1 rings (SSSR count). The normalized spacial score (nSPS) is 18.7. The Bertz CT molecular complexity index is 328. The Hall–Kier alpha value is -1.30. The van der Waals surface area contributed by atoms with Crippen LogP contribution in [0.5, 0.6) is 0 Å². The number of aliphatic carboxylic acids is 1. The number of alkyl carbamates (subject to hydrolysis) is 1. The molecule has 1 aliphatic rings. The van der Waals surface area contributed by atoms with E-state index in [0.717, 1.165) is 0 Å². The van der Waals surface area contributed by atoms with Crippen LogP contribution in [0.1, 0.15) is 40.0 Å². The van der Waals surface area contributed by atoms with Crippen LogP contribution >= 0.6 is 0 Å². The van der Waals surface area contributed by atoms with Gasteiger partial charge in [-0.25, -0.2) is 4.79 Å². The van der Waals surface area contributed by atoms with E-state index in [1.165, 1.54) is 0 Å². The number of carbonyl (C=O) groups excluding carboxylic acids is 1. The molecule has 19 heavy (non-hydrogen) atoms. The highest BCUT2D eigenvalue weighted by molar-refractivity contribution is 5.75. The highest BCUT2D eigenvalue weighted by atomic mass is 16.6. The standard InChI is InChI=1S/C13H23NO5/c1-12(2,3)19-11(17)14-7-4-13(10(15)16)5-8-18-9-6-13/h4-9H2,1-3H3,(H,14,17)(H,15,16). The topological polar surface area (TPSA) is 84.9 Å². The predicted octanol–water partition coefficient (Wildman–Crippen LogP) is 1.78. The fourth-order valence-electron chi connectivity index (χ4n) is 2.05. The summed E-state index contributed by atoms with van der Waals surface area (Å²) >= 11 is 0. The minimum atomic E-state index is -0.818. The van der Waals surface area contributed by atoms with Crippen molar-refractivity contribution in [1.29, 1.82) is 0 Å². The molecule has 0 aromatic rings. The summed E-state index contributed by atoms with van der Waals surface area (Å²) in [5.74, 6) is -0.818. The zero-order valence-electron chi connectivity index (χ0n) is 11.8. The lowest BCUT2D eigenvalue weighted by Crippen LogP contribution is -2.41. The number of nitrogens with one attached hydrogen (secondary N) is 1. The molecule has 1 aliphatic heterocycles. The molecular weight excluding hydrogens is 250 g/mol. The number of carboxylic acids is 1. The third kappa shape index (κ3) is 5.06. The highest BCUT2D eigenvalue weighted by Crippen LogP contribution is 2.34. The van der Waals surface area contributed by atoms with E-state index in [9.17, 15) is 14.7 Å². The van der Waals surface area contributed by atoms with Gasteiger partial charge in [0, 0.05) is 19.8 Å². The minimum absolute atomic E-state index is 0.293. The number of hydrogen-bond donors (Lipinski definition) is 2. The molecule has 0 unspecified atom stereocenters. The summed E-state index contributed by atoms with van der Waals surface area (Å²) in [6, 6.07) is 0. The number of rotatable bonds is 4. The number of carbonyl (C=O) groups is 2. The van der Waals surface area contributed by atoms with Crippen molar-refractivity contribution in [3.05, 3.63) is 0 Å².